The van der Waals surface area contributed by atoms with Crippen molar-refractivity contribution in [1.29, 1.82) is 0 Å². The summed E-state index contributed by atoms with van der Waals surface area (Å²) in [5.41, 5.74) is -0.00326. The van der Waals surface area contributed by atoms with Gasteiger partial charge in [0, 0.05) is 0 Å². The van der Waals surface area contributed by atoms with E-state index in [1.54, 1.807) is 12.1 Å². The second kappa shape index (κ2) is 6.89. The number of hydrogen-bond acceptors (Lipinski definition) is 3. The van der Waals surface area contributed by atoms with Crippen molar-refractivity contribution in [3.8, 4) is 5.75 Å². The Kier molecular flexibility index (Phi) is 6.11. The minimum absolute atomic E-state index is 0.0225. The van der Waals surface area contributed by atoms with Gasteiger partial charge in [0.2, 0.25) is 0 Å². The SMILES string of the molecule is CCC(O)(CC)COc1c(Br)cc(CO)cc1Br. The van der Waals surface area contributed by atoms with Gasteiger partial charge in [-0.1, -0.05) is 13.8 Å². The number of aliphatic hydroxyl groups excluding tert-OH is 1. The number of halogens is 2. The molecule has 3 nitrogen and oxygen atoms in total. The molecule has 0 aliphatic heterocycles. The van der Waals surface area contributed by atoms with Crippen LogP contribution in [0.4, 0.5) is 0 Å². The van der Waals surface area contributed by atoms with Crippen molar-refractivity contribution < 1.29 is 14.9 Å². The van der Waals surface area contributed by atoms with Gasteiger partial charge < -0.3 is 14.9 Å². The van der Waals surface area contributed by atoms with Crippen LogP contribution in [-0.4, -0.2) is 22.4 Å². The molecule has 1 aromatic carbocycles. The lowest BCUT2D eigenvalue weighted by atomic mass is 9.99. The molecule has 0 saturated carbocycles. The lowest BCUT2D eigenvalue weighted by molar-refractivity contribution is -0.0117. The third kappa shape index (κ3) is 3.95. The Morgan fingerprint density at radius 2 is 1.67 bits per heavy atom. The topological polar surface area (TPSA) is 49.7 Å². The standard InChI is InChI=1S/C13H18Br2O3/c1-3-13(17,4-2)8-18-12-10(14)5-9(7-16)6-11(12)15/h5-6,16-17H,3-4,7-8H2,1-2H3. The predicted octanol–water partition coefficient (Wildman–Crippen LogP) is 3.63. The smallest absolute Gasteiger partial charge is 0.147 e. The molecule has 1 aromatic rings. The molecule has 0 amide bonds. The van der Waals surface area contributed by atoms with Crippen LogP contribution >= 0.6 is 31.9 Å². The number of ether oxygens (including phenoxy) is 1. The van der Waals surface area contributed by atoms with E-state index in [2.05, 4.69) is 31.9 Å². The molecule has 0 spiro atoms. The first-order valence-corrected chi connectivity index (χ1v) is 7.48. The Morgan fingerprint density at radius 1 is 1.17 bits per heavy atom. The van der Waals surface area contributed by atoms with Gasteiger partial charge in [0.25, 0.3) is 0 Å². The van der Waals surface area contributed by atoms with Crippen LogP contribution in [0.3, 0.4) is 0 Å². The molecule has 0 bridgehead atoms. The molecule has 0 atom stereocenters. The van der Waals surface area contributed by atoms with E-state index in [0.29, 0.717) is 18.6 Å². The average molecular weight is 382 g/mol. The fraction of sp³-hybridized carbons (Fsp3) is 0.538. The minimum atomic E-state index is -0.797. The molecule has 18 heavy (non-hydrogen) atoms. The highest BCUT2D eigenvalue weighted by Gasteiger charge is 2.24. The highest BCUT2D eigenvalue weighted by molar-refractivity contribution is 9.11. The first-order chi connectivity index (χ1) is 8.45. The number of rotatable bonds is 6. The molecule has 0 aromatic heterocycles. The summed E-state index contributed by atoms with van der Waals surface area (Å²) in [6.45, 7) is 4.10. The lowest BCUT2D eigenvalue weighted by Gasteiger charge is -2.25. The molecule has 0 unspecified atom stereocenters. The van der Waals surface area contributed by atoms with Gasteiger partial charge in [-0.3, -0.25) is 0 Å². The molecule has 0 fully saturated rings. The van der Waals surface area contributed by atoms with Crippen LogP contribution in [0.2, 0.25) is 0 Å². The van der Waals surface area contributed by atoms with Crippen LogP contribution in [-0.2, 0) is 6.61 Å². The van der Waals surface area contributed by atoms with E-state index >= 15 is 0 Å². The number of hydrogen-bond donors (Lipinski definition) is 2. The molecule has 0 heterocycles. The van der Waals surface area contributed by atoms with Crippen molar-refractivity contribution in [2.75, 3.05) is 6.61 Å². The maximum absolute atomic E-state index is 10.2. The van der Waals surface area contributed by atoms with Gasteiger partial charge in [-0.25, -0.2) is 0 Å². The zero-order valence-electron chi connectivity index (χ0n) is 10.5. The summed E-state index contributed by atoms with van der Waals surface area (Å²) in [5.74, 6) is 0.646. The average Bonchev–Trinajstić information content (AvgIpc) is 2.37. The van der Waals surface area contributed by atoms with Crippen molar-refractivity contribution in [1.82, 2.24) is 0 Å². The van der Waals surface area contributed by atoms with E-state index < -0.39 is 5.60 Å². The number of aliphatic hydroxyl groups is 2. The van der Waals surface area contributed by atoms with Crippen LogP contribution in [0.5, 0.6) is 5.75 Å². The van der Waals surface area contributed by atoms with Gasteiger partial charge in [0.15, 0.2) is 0 Å². The molecule has 0 aliphatic rings. The van der Waals surface area contributed by atoms with Crippen molar-refractivity contribution >= 4 is 31.9 Å². The quantitative estimate of drug-likeness (QED) is 0.790. The first kappa shape index (κ1) is 16.0. The Bertz CT molecular complexity index is 380. The summed E-state index contributed by atoms with van der Waals surface area (Å²) in [4.78, 5) is 0. The fourth-order valence-corrected chi connectivity index (χ4v) is 3.01. The van der Waals surface area contributed by atoms with Crippen LogP contribution < -0.4 is 4.74 Å². The maximum Gasteiger partial charge on any atom is 0.147 e. The molecule has 2 N–H and O–H groups in total. The van der Waals surface area contributed by atoms with Crippen molar-refractivity contribution in [2.45, 2.75) is 38.9 Å². The van der Waals surface area contributed by atoms with Gasteiger partial charge in [0.1, 0.15) is 12.4 Å². The Hall–Kier alpha value is -0.100. The van der Waals surface area contributed by atoms with Gasteiger partial charge in [0.05, 0.1) is 21.2 Å². The van der Waals surface area contributed by atoms with E-state index in [1.807, 2.05) is 13.8 Å². The Balaban J connectivity index is 2.85. The van der Waals surface area contributed by atoms with Gasteiger partial charge in [-0.2, -0.15) is 0 Å². The van der Waals surface area contributed by atoms with E-state index in [4.69, 9.17) is 9.84 Å². The van der Waals surface area contributed by atoms with Gasteiger partial charge in [-0.05, 0) is 62.4 Å². The Labute approximate surface area is 124 Å². The minimum Gasteiger partial charge on any atom is -0.488 e. The highest BCUT2D eigenvalue weighted by Crippen LogP contribution is 2.35. The third-order valence-corrected chi connectivity index (χ3v) is 4.22. The van der Waals surface area contributed by atoms with E-state index in [0.717, 1.165) is 14.5 Å². The Morgan fingerprint density at radius 3 is 2.06 bits per heavy atom. The summed E-state index contributed by atoms with van der Waals surface area (Å²) < 4.78 is 7.21. The molecule has 0 saturated heterocycles. The molecule has 102 valence electrons. The summed E-state index contributed by atoms with van der Waals surface area (Å²) >= 11 is 6.81. The van der Waals surface area contributed by atoms with Crippen LogP contribution in [0.25, 0.3) is 0 Å². The van der Waals surface area contributed by atoms with Crippen LogP contribution in [0.1, 0.15) is 32.3 Å². The second-order valence-corrected chi connectivity index (χ2v) is 5.98. The van der Waals surface area contributed by atoms with Crippen molar-refractivity contribution in [2.24, 2.45) is 0 Å². The number of benzene rings is 1. The third-order valence-electron chi connectivity index (χ3n) is 3.04. The molecular formula is C13H18Br2O3. The van der Waals surface area contributed by atoms with Gasteiger partial charge >= 0.3 is 0 Å². The molecular weight excluding hydrogens is 364 g/mol. The normalized spacial score (nSPS) is 11.7. The van der Waals surface area contributed by atoms with E-state index in [-0.39, 0.29) is 13.2 Å². The predicted molar refractivity (Wildman–Crippen MR) is 78.8 cm³/mol. The summed E-state index contributed by atoms with van der Waals surface area (Å²) in [7, 11) is 0. The summed E-state index contributed by atoms with van der Waals surface area (Å²) in [6.07, 6.45) is 1.29. The maximum atomic E-state index is 10.2. The zero-order chi connectivity index (χ0) is 13.8. The highest BCUT2D eigenvalue weighted by atomic mass is 79.9. The van der Waals surface area contributed by atoms with Crippen molar-refractivity contribution in [3.63, 3.8) is 0 Å². The summed E-state index contributed by atoms with van der Waals surface area (Å²) in [5, 5.41) is 19.3. The monoisotopic (exact) mass is 380 g/mol. The molecule has 0 radical (unpaired) electrons. The van der Waals surface area contributed by atoms with E-state index in [9.17, 15) is 5.11 Å². The fourth-order valence-electron chi connectivity index (χ4n) is 1.50. The van der Waals surface area contributed by atoms with Crippen LogP contribution in [0, 0.1) is 0 Å². The molecule has 5 heteroatoms. The zero-order valence-corrected chi connectivity index (χ0v) is 13.7. The second-order valence-electron chi connectivity index (χ2n) is 4.27. The lowest BCUT2D eigenvalue weighted by Crippen LogP contribution is -2.34. The van der Waals surface area contributed by atoms with Gasteiger partial charge in [-0.15, -0.1) is 0 Å². The first-order valence-electron chi connectivity index (χ1n) is 5.89. The van der Waals surface area contributed by atoms with E-state index in [1.165, 1.54) is 0 Å². The van der Waals surface area contributed by atoms with Crippen molar-refractivity contribution in [3.05, 3.63) is 26.6 Å². The molecule has 1 rings (SSSR count). The molecule has 0 aliphatic carbocycles. The van der Waals surface area contributed by atoms with Crippen LogP contribution in [0.15, 0.2) is 21.1 Å². The summed E-state index contributed by atoms with van der Waals surface area (Å²) in [6, 6.07) is 3.61. The largest absolute Gasteiger partial charge is 0.488 e.